The highest BCUT2D eigenvalue weighted by Crippen LogP contribution is 2.28. The Hall–Kier alpha value is -1.84. The zero-order valence-corrected chi connectivity index (χ0v) is 14.6. The van der Waals surface area contributed by atoms with Crippen LogP contribution in [0.3, 0.4) is 0 Å². The first-order chi connectivity index (χ1) is 11.8. The van der Waals surface area contributed by atoms with E-state index in [9.17, 15) is 0 Å². The molecule has 2 N–H and O–H groups in total. The van der Waals surface area contributed by atoms with Crippen molar-refractivity contribution >= 4 is 0 Å². The standard InChI is InChI=1S/C21H28N2O/c1-2-3-14-24-20-10-8-18(9-11-20)21(15-22)23-13-12-17-6-4-5-7-19(17)16-23/h4-11,21H,2-3,12-16,22H2,1H3. The summed E-state index contributed by atoms with van der Waals surface area (Å²) >= 11 is 0. The predicted octanol–water partition coefficient (Wildman–Crippen LogP) is 3.92. The maximum absolute atomic E-state index is 6.12. The van der Waals surface area contributed by atoms with Crippen LogP contribution >= 0.6 is 0 Å². The van der Waals surface area contributed by atoms with Gasteiger partial charge in [-0.1, -0.05) is 49.7 Å². The van der Waals surface area contributed by atoms with Gasteiger partial charge in [-0.3, -0.25) is 4.90 Å². The van der Waals surface area contributed by atoms with Crippen molar-refractivity contribution < 1.29 is 4.74 Å². The molecule has 0 fully saturated rings. The van der Waals surface area contributed by atoms with Crippen LogP contribution in [0.4, 0.5) is 0 Å². The van der Waals surface area contributed by atoms with Crippen molar-refractivity contribution in [2.75, 3.05) is 19.7 Å². The summed E-state index contributed by atoms with van der Waals surface area (Å²) in [5.41, 5.74) is 10.3. The van der Waals surface area contributed by atoms with Gasteiger partial charge in [0.05, 0.1) is 6.61 Å². The third kappa shape index (κ3) is 3.97. The van der Waals surface area contributed by atoms with E-state index in [1.807, 2.05) is 0 Å². The van der Waals surface area contributed by atoms with Gasteiger partial charge in [0.1, 0.15) is 5.75 Å². The van der Waals surface area contributed by atoms with E-state index in [-0.39, 0.29) is 6.04 Å². The summed E-state index contributed by atoms with van der Waals surface area (Å²) in [6.07, 6.45) is 3.36. The highest BCUT2D eigenvalue weighted by Gasteiger charge is 2.23. The van der Waals surface area contributed by atoms with Gasteiger partial charge in [-0.15, -0.1) is 0 Å². The Morgan fingerprint density at radius 3 is 2.54 bits per heavy atom. The Balaban J connectivity index is 1.68. The molecule has 3 heteroatoms. The van der Waals surface area contributed by atoms with Gasteiger partial charge in [-0.05, 0) is 41.7 Å². The molecule has 1 aliphatic heterocycles. The largest absolute Gasteiger partial charge is 0.494 e. The topological polar surface area (TPSA) is 38.5 Å². The van der Waals surface area contributed by atoms with Crippen LogP contribution in [0.2, 0.25) is 0 Å². The van der Waals surface area contributed by atoms with Gasteiger partial charge < -0.3 is 10.5 Å². The maximum atomic E-state index is 6.12. The Kier molecular flexibility index (Phi) is 5.89. The van der Waals surface area contributed by atoms with Crippen LogP contribution in [0.25, 0.3) is 0 Å². The molecule has 0 aromatic heterocycles. The normalized spacial score (nSPS) is 15.8. The molecule has 0 bridgehead atoms. The van der Waals surface area contributed by atoms with Gasteiger partial charge >= 0.3 is 0 Å². The van der Waals surface area contributed by atoms with E-state index in [2.05, 4.69) is 60.4 Å². The molecule has 2 aromatic rings. The molecule has 1 aliphatic rings. The predicted molar refractivity (Wildman–Crippen MR) is 99.2 cm³/mol. The molecule has 128 valence electrons. The number of nitrogens with two attached hydrogens (primary N) is 1. The van der Waals surface area contributed by atoms with Crippen LogP contribution in [0.15, 0.2) is 48.5 Å². The number of unbranched alkanes of at least 4 members (excludes halogenated alkanes) is 1. The fourth-order valence-electron chi connectivity index (χ4n) is 3.40. The SMILES string of the molecule is CCCCOc1ccc(C(CN)N2CCc3ccccc3C2)cc1. The van der Waals surface area contributed by atoms with Crippen molar-refractivity contribution in [3.8, 4) is 5.75 Å². The quantitative estimate of drug-likeness (QED) is 0.785. The summed E-state index contributed by atoms with van der Waals surface area (Å²) in [5, 5.41) is 0. The second-order valence-electron chi connectivity index (χ2n) is 6.51. The van der Waals surface area contributed by atoms with Crippen LogP contribution in [0.5, 0.6) is 5.75 Å². The number of fused-ring (bicyclic) bond motifs is 1. The Labute approximate surface area is 145 Å². The molecule has 0 saturated carbocycles. The lowest BCUT2D eigenvalue weighted by Gasteiger charge is -2.35. The van der Waals surface area contributed by atoms with Crippen molar-refractivity contribution in [1.29, 1.82) is 0 Å². The van der Waals surface area contributed by atoms with Gasteiger partial charge in [0, 0.05) is 25.7 Å². The number of hydrogen-bond acceptors (Lipinski definition) is 3. The van der Waals surface area contributed by atoms with E-state index in [0.717, 1.165) is 44.7 Å². The van der Waals surface area contributed by atoms with E-state index < -0.39 is 0 Å². The molecule has 1 unspecified atom stereocenters. The van der Waals surface area contributed by atoms with Crippen molar-refractivity contribution in [1.82, 2.24) is 4.90 Å². The minimum atomic E-state index is 0.267. The van der Waals surface area contributed by atoms with Crippen molar-refractivity contribution in [3.63, 3.8) is 0 Å². The monoisotopic (exact) mass is 324 g/mol. The molecule has 0 amide bonds. The number of nitrogens with zero attached hydrogens (tertiary/aromatic N) is 1. The van der Waals surface area contributed by atoms with Gasteiger partial charge in [0.15, 0.2) is 0 Å². The van der Waals surface area contributed by atoms with Crippen molar-refractivity contribution in [2.24, 2.45) is 5.73 Å². The molecule has 0 aliphatic carbocycles. The van der Waals surface area contributed by atoms with Gasteiger partial charge in [-0.25, -0.2) is 0 Å². The molecule has 3 nitrogen and oxygen atoms in total. The summed E-state index contributed by atoms with van der Waals surface area (Å²) in [5.74, 6) is 0.951. The highest BCUT2D eigenvalue weighted by atomic mass is 16.5. The average molecular weight is 324 g/mol. The van der Waals surface area contributed by atoms with E-state index in [1.54, 1.807) is 0 Å². The highest BCUT2D eigenvalue weighted by molar-refractivity contribution is 5.32. The lowest BCUT2D eigenvalue weighted by molar-refractivity contribution is 0.183. The smallest absolute Gasteiger partial charge is 0.119 e. The average Bonchev–Trinajstić information content (AvgIpc) is 2.64. The first-order valence-corrected chi connectivity index (χ1v) is 9.05. The minimum Gasteiger partial charge on any atom is -0.494 e. The van der Waals surface area contributed by atoms with E-state index in [1.165, 1.54) is 16.7 Å². The second-order valence-corrected chi connectivity index (χ2v) is 6.51. The summed E-state index contributed by atoms with van der Waals surface area (Å²) < 4.78 is 5.76. The zero-order chi connectivity index (χ0) is 16.8. The number of ether oxygens (including phenoxy) is 1. The molecule has 0 spiro atoms. The minimum absolute atomic E-state index is 0.267. The van der Waals surface area contributed by atoms with E-state index >= 15 is 0 Å². The molecule has 2 aromatic carbocycles. The van der Waals surface area contributed by atoms with Crippen LogP contribution < -0.4 is 10.5 Å². The third-order valence-corrected chi connectivity index (χ3v) is 4.86. The lowest BCUT2D eigenvalue weighted by atomic mass is 9.96. The molecule has 1 atom stereocenters. The molecule has 0 saturated heterocycles. The number of hydrogen-bond donors (Lipinski definition) is 1. The maximum Gasteiger partial charge on any atom is 0.119 e. The molecular weight excluding hydrogens is 296 g/mol. The molecule has 1 heterocycles. The number of rotatable bonds is 7. The van der Waals surface area contributed by atoms with Gasteiger partial charge in [0.2, 0.25) is 0 Å². The first kappa shape index (κ1) is 17.0. The second kappa shape index (κ2) is 8.32. The number of benzene rings is 2. The first-order valence-electron chi connectivity index (χ1n) is 9.05. The van der Waals surface area contributed by atoms with E-state index in [4.69, 9.17) is 10.5 Å². The molecule has 24 heavy (non-hydrogen) atoms. The lowest BCUT2D eigenvalue weighted by Crippen LogP contribution is -2.37. The summed E-state index contributed by atoms with van der Waals surface area (Å²) in [4.78, 5) is 2.50. The van der Waals surface area contributed by atoms with Crippen LogP contribution in [0, 0.1) is 0 Å². The molecule has 3 rings (SSSR count). The van der Waals surface area contributed by atoms with Crippen molar-refractivity contribution in [3.05, 3.63) is 65.2 Å². The Morgan fingerprint density at radius 1 is 1.08 bits per heavy atom. The fraction of sp³-hybridized carbons (Fsp3) is 0.429. The van der Waals surface area contributed by atoms with Crippen molar-refractivity contribution in [2.45, 2.75) is 38.8 Å². The van der Waals surface area contributed by atoms with E-state index in [0.29, 0.717) is 6.54 Å². The van der Waals surface area contributed by atoms with Crippen LogP contribution in [0.1, 0.15) is 42.5 Å². The summed E-state index contributed by atoms with van der Waals surface area (Å²) in [7, 11) is 0. The van der Waals surface area contributed by atoms with Crippen LogP contribution in [-0.2, 0) is 13.0 Å². The molecule has 0 radical (unpaired) electrons. The fourth-order valence-corrected chi connectivity index (χ4v) is 3.40. The third-order valence-electron chi connectivity index (χ3n) is 4.86. The van der Waals surface area contributed by atoms with Gasteiger partial charge in [0.25, 0.3) is 0 Å². The van der Waals surface area contributed by atoms with Gasteiger partial charge in [-0.2, -0.15) is 0 Å². The summed E-state index contributed by atoms with van der Waals surface area (Å²) in [6.45, 7) is 5.65. The zero-order valence-electron chi connectivity index (χ0n) is 14.6. The summed E-state index contributed by atoms with van der Waals surface area (Å²) in [6, 6.07) is 17.5. The Morgan fingerprint density at radius 2 is 1.83 bits per heavy atom. The Bertz CT molecular complexity index is 639. The molecular formula is C21H28N2O. The van der Waals surface area contributed by atoms with Crippen LogP contribution in [-0.4, -0.2) is 24.6 Å².